The Bertz CT molecular complexity index is 3270. The Kier molecular flexibility index (Phi) is 5.06. The van der Waals surface area contributed by atoms with Crippen molar-refractivity contribution in [3.05, 3.63) is 140 Å². The molecule has 0 amide bonds. The Balaban J connectivity index is 1.29. The normalized spacial score (nSPS) is 12.4. The molecule has 230 valence electrons. The van der Waals surface area contributed by atoms with E-state index in [1.165, 1.54) is 37.0 Å². The summed E-state index contributed by atoms with van der Waals surface area (Å²) in [5, 5.41) is 8.32. The third-order valence-electron chi connectivity index (χ3n) is 10.3. The monoisotopic (exact) mass is 653 g/mol. The smallest absolute Gasteiger partial charge is 0.235 e. The summed E-state index contributed by atoms with van der Waals surface area (Å²) in [5.74, 6) is 0.653. The van der Waals surface area contributed by atoms with Gasteiger partial charge in [-0.15, -0.1) is 11.3 Å². The molecule has 12 rings (SSSR count). The Morgan fingerprint density at radius 1 is 0.460 bits per heavy atom. The number of fused-ring (bicyclic) bond motifs is 13. The third-order valence-corrected chi connectivity index (χ3v) is 11.5. The predicted molar refractivity (Wildman–Crippen MR) is 207 cm³/mol. The second-order valence-corrected chi connectivity index (χ2v) is 14.0. The van der Waals surface area contributed by atoms with E-state index >= 15 is 0 Å². The van der Waals surface area contributed by atoms with Gasteiger partial charge in [-0.2, -0.15) is 0 Å². The highest BCUT2D eigenvalue weighted by Crippen LogP contribution is 2.51. The Morgan fingerprint density at radius 2 is 1.16 bits per heavy atom. The number of hydrogen-bond acceptors (Lipinski definition) is 5. The third kappa shape index (κ3) is 3.40. The van der Waals surface area contributed by atoms with Crippen LogP contribution in [0.1, 0.15) is 0 Å². The van der Waals surface area contributed by atoms with E-state index in [0.29, 0.717) is 5.95 Å². The summed E-state index contributed by atoms with van der Waals surface area (Å²) in [6.45, 7) is 0. The van der Waals surface area contributed by atoms with Crippen molar-refractivity contribution >= 4 is 86.0 Å². The molecule has 1 aliphatic carbocycles. The van der Waals surface area contributed by atoms with Crippen LogP contribution < -0.4 is 0 Å². The van der Waals surface area contributed by atoms with Crippen molar-refractivity contribution in [3.8, 4) is 39.7 Å². The van der Waals surface area contributed by atoms with Crippen LogP contribution in [0.4, 0.5) is 0 Å². The van der Waals surface area contributed by atoms with Gasteiger partial charge >= 0.3 is 0 Å². The van der Waals surface area contributed by atoms with Gasteiger partial charge in [-0.1, -0.05) is 109 Å². The highest BCUT2D eigenvalue weighted by Gasteiger charge is 2.29. The molecule has 5 nitrogen and oxygen atoms in total. The zero-order chi connectivity index (χ0) is 32.5. The molecule has 0 saturated heterocycles. The molecule has 4 heterocycles. The van der Waals surface area contributed by atoms with E-state index in [1.807, 2.05) is 24.3 Å². The number of thiophene rings is 1. The zero-order valence-electron chi connectivity index (χ0n) is 26.4. The van der Waals surface area contributed by atoms with Crippen LogP contribution in [-0.4, -0.2) is 24.5 Å². The molecule has 0 atom stereocenters. The molecular weight excluding hydrogens is 631 g/mol. The van der Waals surface area contributed by atoms with Gasteiger partial charge in [0.05, 0.1) is 49.4 Å². The van der Waals surface area contributed by atoms with Crippen LogP contribution in [0.3, 0.4) is 0 Å². The topological polar surface area (TPSA) is 56.5 Å². The van der Waals surface area contributed by atoms with Gasteiger partial charge in [-0.05, 0) is 46.5 Å². The highest BCUT2D eigenvalue weighted by molar-refractivity contribution is 7.26. The number of nitrogens with zero attached hydrogens (tertiary/aromatic N) is 5. The van der Waals surface area contributed by atoms with Gasteiger partial charge in [0.25, 0.3) is 0 Å². The number of para-hydroxylation sites is 2. The van der Waals surface area contributed by atoms with E-state index in [-0.39, 0.29) is 0 Å². The summed E-state index contributed by atoms with van der Waals surface area (Å²) in [6.07, 6.45) is 0. The van der Waals surface area contributed by atoms with Crippen LogP contribution in [-0.2, 0) is 0 Å². The molecule has 0 saturated carbocycles. The molecule has 0 spiro atoms. The fourth-order valence-corrected chi connectivity index (χ4v) is 9.35. The second-order valence-electron chi connectivity index (χ2n) is 13.0. The standard InChI is InChI=1S/C44H23N5S/c1-2-12-25(13-3-1)39-43-42(27-15-6-9-20-35(27)50-43)48-44(47-39)49-33-22-21-24-11-4-5-14-26(24)37(33)38-28-16-10-17-29-36(28)30(23-34(38)49)41-40(29)45-31-18-7-8-19-32(31)46-41/h1-23H. The summed E-state index contributed by atoms with van der Waals surface area (Å²) in [4.78, 5) is 21.3. The van der Waals surface area contributed by atoms with Gasteiger partial charge < -0.3 is 0 Å². The average molecular weight is 654 g/mol. The van der Waals surface area contributed by atoms with Crippen molar-refractivity contribution in [2.75, 3.05) is 0 Å². The van der Waals surface area contributed by atoms with Crippen molar-refractivity contribution < 1.29 is 0 Å². The fraction of sp³-hybridized carbons (Fsp3) is 0. The summed E-state index contributed by atoms with van der Waals surface area (Å²) < 4.78 is 4.58. The highest BCUT2D eigenvalue weighted by atomic mass is 32.1. The van der Waals surface area contributed by atoms with E-state index < -0.39 is 0 Å². The molecule has 0 fully saturated rings. The quantitative estimate of drug-likeness (QED) is 0.186. The van der Waals surface area contributed by atoms with Crippen molar-refractivity contribution in [3.63, 3.8) is 0 Å². The van der Waals surface area contributed by atoms with Gasteiger partial charge in [0, 0.05) is 42.9 Å². The fourth-order valence-electron chi connectivity index (χ4n) is 8.19. The van der Waals surface area contributed by atoms with Crippen LogP contribution in [0, 0.1) is 0 Å². The lowest BCUT2D eigenvalue weighted by Crippen LogP contribution is -2.03. The van der Waals surface area contributed by atoms with E-state index in [1.54, 1.807) is 11.3 Å². The van der Waals surface area contributed by atoms with Crippen LogP contribution >= 0.6 is 11.3 Å². The number of hydrogen-bond donors (Lipinski definition) is 0. The SMILES string of the molecule is c1ccc(-c2nc(-n3c4ccc5ccccc5c4c4c5cccc6c5c(cc43)-c3nc4ccccc4nc3-6)nc3c2sc2ccccc23)cc1. The van der Waals surface area contributed by atoms with Crippen molar-refractivity contribution in [2.45, 2.75) is 0 Å². The summed E-state index contributed by atoms with van der Waals surface area (Å²) in [5.41, 5.74) is 11.0. The maximum atomic E-state index is 5.46. The van der Waals surface area contributed by atoms with Gasteiger partial charge in [0.1, 0.15) is 0 Å². The summed E-state index contributed by atoms with van der Waals surface area (Å²) in [7, 11) is 0. The first kappa shape index (κ1) is 26.5. The van der Waals surface area contributed by atoms with Crippen molar-refractivity contribution in [1.29, 1.82) is 0 Å². The van der Waals surface area contributed by atoms with Gasteiger partial charge in [0.2, 0.25) is 5.95 Å². The molecule has 0 bridgehead atoms. The molecule has 0 aliphatic heterocycles. The lowest BCUT2D eigenvalue weighted by Gasteiger charge is -2.11. The molecule has 1 aliphatic rings. The number of rotatable bonds is 2. The Hall–Kier alpha value is -6.50. The molecule has 7 aromatic carbocycles. The van der Waals surface area contributed by atoms with Crippen molar-refractivity contribution in [2.24, 2.45) is 0 Å². The average Bonchev–Trinajstić information content (AvgIpc) is 3.82. The molecule has 11 aromatic rings. The minimum Gasteiger partial charge on any atom is -0.278 e. The first-order chi connectivity index (χ1) is 24.8. The van der Waals surface area contributed by atoms with Gasteiger partial charge in [-0.25, -0.2) is 19.9 Å². The molecule has 6 heteroatoms. The summed E-state index contributed by atoms with van der Waals surface area (Å²) in [6, 6.07) is 49.2. The van der Waals surface area contributed by atoms with Gasteiger partial charge in [0.15, 0.2) is 0 Å². The largest absolute Gasteiger partial charge is 0.278 e. The van der Waals surface area contributed by atoms with Crippen LogP contribution in [0.2, 0.25) is 0 Å². The lowest BCUT2D eigenvalue weighted by atomic mass is 9.97. The first-order valence-corrected chi connectivity index (χ1v) is 17.6. The molecule has 0 radical (unpaired) electrons. The van der Waals surface area contributed by atoms with Crippen LogP contribution in [0.5, 0.6) is 0 Å². The maximum Gasteiger partial charge on any atom is 0.235 e. The maximum absolute atomic E-state index is 5.46. The van der Waals surface area contributed by atoms with E-state index in [2.05, 4.69) is 120 Å². The van der Waals surface area contributed by atoms with Crippen LogP contribution in [0.15, 0.2) is 140 Å². The van der Waals surface area contributed by atoms with Crippen LogP contribution in [0.25, 0.3) is 114 Å². The molecular formula is C44H23N5S. The molecule has 0 N–H and O–H groups in total. The predicted octanol–water partition coefficient (Wildman–Crippen LogP) is 11.5. The Labute approximate surface area is 288 Å². The number of benzene rings is 7. The second kappa shape index (κ2) is 9.56. The molecule has 50 heavy (non-hydrogen) atoms. The van der Waals surface area contributed by atoms with E-state index in [9.17, 15) is 0 Å². The van der Waals surface area contributed by atoms with E-state index in [0.717, 1.165) is 71.4 Å². The number of aromatic nitrogens is 5. The summed E-state index contributed by atoms with van der Waals surface area (Å²) >= 11 is 1.76. The first-order valence-electron chi connectivity index (χ1n) is 16.7. The molecule has 4 aromatic heterocycles. The van der Waals surface area contributed by atoms with E-state index in [4.69, 9.17) is 19.9 Å². The minimum absolute atomic E-state index is 0.653. The van der Waals surface area contributed by atoms with Crippen molar-refractivity contribution in [1.82, 2.24) is 24.5 Å². The molecule has 0 unspecified atom stereocenters. The minimum atomic E-state index is 0.653. The zero-order valence-corrected chi connectivity index (χ0v) is 27.2. The lowest BCUT2D eigenvalue weighted by molar-refractivity contribution is 1.02. The van der Waals surface area contributed by atoms with Gasteiger partial charge in [-0.3, -0.25) is 4.57 Å². The Morgan fingerprint density at radius 3 is 2.02 bits per heavy atom.